The van der Waals surface area contributed by atoms with Crippen LogP contribution >= 0.6 is 0 Å². The third-order valence-corrected chi connectivity index (χ3v) is 5.23. The van der Waals surface area contributed by atoms with E-state index in [1.54, 1.807) is 0 Å². The van der Waals surface area contributed by atoms with Crippen molar-refractivity contribution in [2.75, 3.05) is 0 Å². The van der Waals surface area contributed by atoms with E-state index in [0.717, 1.165) is 17.9 Å². The molecule has 0 radical (unpaired) electrons. The molecule has 1 aromatic heterocycles. The fourth-order valence-corrected chi connectivity index (χ4v) is 4.05. The molecule has 110 valence electrons. The lowest BCUT2D eigenvalue weighted by Gasteiger charge is -2.31. The smallest absolute Gasteiger partial charge is 0.165 e. The number of carbonyl (C=O) groups excluding carboxylic acids is 1. The molecular weight excluding hydrogens is 246 g/mol. The SMILES string of the molecule is CC1CCCC(n2ccc3c2CC(C)(C)CC3=O)CC1. The number of aromatic nitrogens is 1. The number of hydrogen-bond donors (Lipinski definition) is 0. The minimum Gasteiger partial charge on any atom is -0.348 e. The summed E-state index contributed by atoms with van der Waals surface area (Å²) >= 11 is 0. The monoisotopic (exact) mass is 273 g/mol. The van der Waals surface area contributed by atoms with Gasteiger partial charge in [-0.05, 0) is 43.1 Å². The zero-order valence-electron chi connectivity index (χ0n) is 13.1. The molecule has 1 fully saturated rings. The normalized spacial score (nSPS) is 29.9. The molecule has 0 amide bonds. The highest BCUT2D eigenvalue weighted by molar-refractivity contribution is 5.98. The zero-order valence-corrected chi connectivity index (χ0v) is 13.1. The van der Waals surface area contributed by atoms with Gasteiger partial charge in [-0.1, -0.05) is 33.6 Å². The van der Waals surface area contributed by atoms with E-state index in [-0.39, 0.29) is 5.41 Å². The highest BCUT2D eigenvalue weighted by Crippen LogP contribution is 2.39. The van der Waals surface area contributed by atoms with Gasteiger partial charge < -0.3 is 4.57 Å². The first-order valence-corrected chi connectivity index (χ1v) is 8.19. The van der Waals surface area contributed by atoms with E-state index in [1.807, 2.05) is 0 Å². The Labute approximate surface area is 122 Å². The van der Waals surface area contributed by atoms with Gasteiger partial charge in [0, 0.05) is 29.9 Å². The highest BCUT2D eigenvalue weighted by Gasteiger charge is 2.34. The van der Waals surface area contributed by atoms with E-state index in [1.165, 1.54) is 37.8 Å². The summed E-state index contributed by atoms with van der Waals surface area (Å²) < 4.78 is 2.45. The summed E-state index contributed by atoms with van der Waals surface area (Å²) in [6.07, 6.45) is 10.5. The molecule has 2 aliphatic rings. The first-order chi connectivity index (χ1) is 9.46. The van der Waals surface area contributed by atoms with Crippen LogP contribution in [0.4, 0.5) is 0 Å². The van der Waals surface area contributed by atoms with Crippen molar-refractivity contribution in [3.05, 3.63) is 23.5 Å². The molecule has 3 rings (SSSR count). The van der Waals surface area contributed by atoms with Crippen LogP contribution in [0.2, 0.25) is 0 Å². The number of carbonyl (C=O) groups is 1. The van der Waals surface area contributed by atoms with Crippen LogP contribution in [-0.4, -0.2) is 10.4 Å². The number of ketones is 1. The molecule has 0 N–H and O–H groups in total. The summed E-state index contributed by atoms with van der Waals surface area (Å²) in [6.45, 7) is 6.82. The molecule has 2 unspecified atom stereocenters. The van der Waals surface area contributed by atoms with Crippen LogP contribution in [0.25, 0.3) is 0 Å². The maximum absolute atomic E-state index is 12.3. The van der Waals surface area contributed by atoms with Gasteiger partial charge in [0.05, 0.1) is 0 Å². The van der Waals surface area contributed by atoms with Crippen LogP contribution in [0.5, 0.6) is 0 Å². The van der Waals surface area contributed by atoms with Crippen molar-refractivity contribution in [3.63, 3.8) is 0 Å². The molecule has 0 saturated heterocycles. The fourth-order valence-electron chi connectivity index (χ4n) is 4.05. The van der Waals surface area contributed by atoms with Crippen molar-refractivity contribution in [1.29, 1.82) is 0 Å². The molecule has 2 aliphatic carbocycles. The summed E-state index contributed by atoms with van der Waals surface area (Å²) in [5.41, 5.74) is 2.44. The first kappa shape index (κ1) is 13.9. The predicted octanol–water partition coefficient (Wildman–Crippen LogP) is 4.78. The Kier molecular flexibility index (Phi) is 3.51. The number of hydrogen-bond acceptors (Lipinski definition) is 1. The van der Waals surface area contributed by atoms with Crippen LogP contribution in [0.3, 0.4) is 0 Å². The Morgan fingerprint density at radius 3 is 2.75 bits per heavy atom. The number of fused-ring (bicyclic) bond motifs is 1. The Balaban J connectivity index is 1.90. The first-order valence-electron chi connectivity index (χ1n) is 8.19. The molecule has 0 aliphatic heterocycles. The van der Waals surface area contributed by atoms with Gasteiger partial charge in [0.15, 0.2) is 5.78 Å². The second-order valence-corrected chi connectivity index (χ2v) is 7.79. The van der Waals surface area contributed by atoms with Crippen molar-refractivity contribution >= 4 is 5.78 Å². The Morgan fingerprint density at radius 1 is 1.15 bits per heavy atom. The summed E-state index contributed by atoms with van der Waals surface area (Å²) in [7, 11) is 0. The van der Waals surface area contributed by atoms with Gasteiger partial charge in [0.25, 0.3) is 0 Å². The minimum absolute atomic E-state index is 0.123. The van der Waals surface area contributed by atoms with Gasteiger partial charge in [-0.2, -0.15) is 0 Å². The van der Waals surface area contributed by atoms with Gasteiger partial charge in [-0.25, -0.2) is 0 Å². The molecule has 20 heavy (non-hydrogen) atoms. The fraction of sp³-hybridized carbons (Fsp3) is 0.722. The molecule has 0 spiro atoms. The summed E-state index contributed by atoms with van der Waals surface area (Å²) in [4.78, 5) is 12.3. The minimum atomic E-state index is 0.123. The maximum atomic E-state index is 12.3. The maximum Gasteiger partial charge on any atom is 0.165 e. The molecule has 1 saturated carbocycles. The largest absolute Gasteiger partial charge is 0.348 e. The summed E-state index contributed by atoms with van der Waals surface area (Å²) in [6, 6.07) is 2.69. The Morgan fingerprint density at radius 2 is 1.95 bits per heavy atom. The van der Waals surface area contributed by atoms with Gasteiger partial charge in [0.1, 0.15) is 0 Å². The van der Waals surface area contributed by atoms with E-state index < -0.39 is 0 Å². The van der Waals surface area contributed by atoms with E-state index in [2.05, 4.69) is 37.6 Å². The number of rotatable bonds is 1. The van der Waals surface area contributed by atoms with Crippen molar-refractivity contribution < 1.29 is 4.79 Å². The van der Waals surface area contributed by atoms with Crippen molar-refractivity contribution in [3.8, 4) is 0 Å². The van der Waals surface area contributed by atoms with Crippen LogP contribution < -0.4 is 0 Å². The average molecular weight is 273 g/mol. The van der Waals surface area contributed by atoms with Gasteiger partial charge in [-0.3, -0.25) is 4.79 Å². The lowest BCUT2D eigenvalue weighted by atomic mass is 9.76. The van der Waals surface area contributed by atoms with Crippen LogP contribution in [0.15, 0.2) is 12.3 Å². The van der Waals surface area contributed by atoms with E-state index in [0.29, 0.717) is 18.2 Å². The van der Waals surface area contributed by atoms with Crippen LogP contribution in [0.1, 0.15) is 81.4 Å². The quantitative estimate of drug-likeness (QED) is 0.675. The molecule has 2 heteroatoms. The van der Waals surface area contributed by atoms with Crippen molar-refractivity contribution in [2.45, 2.75) is 71.8 Å². The van der Waals surface area contributed by atoms with Gasteiger partial charge >= 0.3 is 0 Å². The Bertz CT molecular complexity index is 511. The predicted molar refractivity (Wildman–Crippen MR) is 82.2 cm³/mol. The van der Waals surface area contributed by atoms with E-state index in [9.17, 15) is 4.79 Å². The molecule has 2 nitrogen and oxygen atoms in total. The molecule has 1 aromatic rings. The van der Waals surface area contributed by atoms with E-state index >= 15 is 0 Å². The topological polar surface area (TPSA) is 22.0 Å². The zero-order chi connectivity index (χ0) is 14.3. The third kappa shape index (κ3) is 2.57. The van der Waals surface area contributed by atoms with Gasteiger partial charge in [-0.15, -0.1) is 0 Å². The second-order valence-electron chi connectivity index (χ2n) is 7.79. The molecule has 0 aromatic carbocycles. The summed E-state index contributed by atoms with van der Waals surface area (Å²) in [5, 5.41) is 0. The average Bonchev–Trinajstić information content (AvgIpc) is 2.64. The second kappa shape index (κ2) is 5.05. The lowest BCUT2D eigenvalue weighted by Crippen LogP contribution is -2.28. The number of Topliss-reactive ketones (excluding diaryl/α,β-unsaturated/α-hetero) is 1. The summed E-state index contributed by atoms with van der Waals surface area (Å²) in [5.74, 6) is 1.21. The van der Waals surface area contributed by atoms with E-state index in [4.69, 9.17) is 0 Å². The van der Waals surface area contributed by atoms with Crippen molar-refractivity contribution in [2.24, 2.45) is 11.3 Å². The van der Waals surface area contributed by atoms with Crippen LogP contribution in [0, 0.1) is 11.3 Å². The van der Waals surface area contributed by atoms with Gasteiger partial charge in [0.2, 0.25) is 0 Å². The highest BCUT2D eigenvalue weighted by atomic mass is 16.1. The third-order valence-electron chi connectivity index (χ3n) is 5.23. The van der Waals surface area contributed by atoms with Crippen LogP contribution in [-0.2, 0) is 6.42 Å². The molecule has 1 heterocycles. The van der Waals surface area contributed by atoms with Crippen molar-refractivity contribution in [1.82, 2.24) is 4.57 Å². The molecule has 2 atom stereocenters. The standard InChI is InChI=1S/C18H27NO/c1-13-5-4-6-14(8-7-13)19-10-9-15-16(19)11-18(2,3)12-17(15)20/h9-10,13-14H,4-8,11-12H2,1-3H3. The Hall–Kier alpha value is -1.05. The lowest BCUT2D eigenvalue weighted by molar-refractivity contribution is 0.0909. The molecular formula is C18H27NO. The molecule has 0 bridgehead atoms. The number of nitrogens with zero attached hydrogens (tertiary/aromatic N) is 1.